The molecular weight excluding hydrogens is 190 g/mol. The van der Waals surface area contributed by atoms with Crippen molar-refractivity contribution in [2.45, 2.75) is 26.1 Å². The molecule has 2 unspecified atom stereocenters. The van der Waals surface area contributed by atoms with Crippen LogP contribution >= 0.6 is 0 Å². The number of aliphatic hydroxyl groups is 2. The summed E-state index contributed by atoms with van der Waals surface area (Å²) in [7, 11) is 1.75. The van der Waals surface area contributed by atoms with Crippen molar-refractivity contribution in [1.82, 2.24) is 5.32 Å². The average molecular weight is 209 g/mol. The third-order valence-corrected chi connectivity index (χ3v) is 2.62. The Morgan fingerprint density at radius 2 is 1.73 bits per heavy atom. The van der Waals surface area contributed by atoms with Crippen molar-refractivity contribution in [3.63, 3.8) is 0 Å². The van der Waals surface area contributed by atoms with Crippen LogP contribution in [0.2, 0.25) is 0 Å². The zero-order valence-electron chi connectivity index (χ0n) is 9.49. The summed E-state index contributed by atoms with van der Waals surface area (Å²) in [6, 6.07) is 5.83. The number of benzene rings is 1. The Morgan fingerprint density at radius 1 is 1.20 bits per heavy atom. The van der Waals surface area contributed by atoms with Gasteiger partial charge in [-0.25, -0.2) is 0 Å². The van der Waals surface area contributed by atoms with Crippen LogP contribution in [0.25, 0.3) is 0 Å². The first-order chi connectivity index (χ1) is 7.07. The van der Waals surface area contributed by atoms with Crippen molar-refractivity contribution in [3.8, 4) is 0 Å². The lowest BCUT2D eigenvalue weighted by molar-refractivity contribution is 0.0195. The lowest BCUT2D eigenvalue weighted by Crippen LogP contribution is -2.30. The molecule has 84 valence electrons. The van der Waals surface area contributed by atoms with E-state index in [4.69, 9.17) is 0 Å². The van der Waals surface area contributed by atoms with Crippen LogP contribution in [0.15, 0.2) is 18.2 Å². The lowest BCUT2D eigenvalue weighted by Gasteiger charge is -2.21. The average Bonchev–Trinajstić information content (AvgIpc) is 2.17. The van der Waals surface area contributed by atoms with E-state index in [2.05, 4.69) is 5.32 Å². The highest BCUT2D eigenvalue weighted by Crippen LogP contribution is 2.24. The molecule has 0 aromatic heterocycles. The number of hydrogen-bond donors (Lipinski definition) is 3. The second-order valence-corrected chi connectivity index (χ2v) is 3.88. The first-order valence-electron chi connectivity index (χ1n) is 5.14. The highest BCUT2D eigenvalue weighted by atomic mass is 16.3. The van der Waals surface area contributed by atoms with Crippen molar-refractivity contribution in [3.05, 3.63) is 34.9 Å². The van der Waals surface area contributed by atoms with E-state index in [0.717, 1.165) is 16.7 Å². The third-order valence-electron chi connectivity index (χ3n) is 2.62. The van der Waals surface area contributed by atoms with Gasteiger partial charge in [0.05, 0.1) is 6.10 Å². The van der Waals surface area contributed by atoms with E-state index >= 15 is 0 Å². The molecule has 0 saturated heterocycles. The van der Waals surface area contributed by atoms with Crippen molar-refractivity contribution < 1.29 is 10.2 Å². The molecule has 1 aromatic carbocycles. The third kappa shape index (κ3) is 2.78. The molecular formula is C12H19NO2. The molecule has 3 nitrogen and oxygen atoms in total. The normalized spacial score (nSPS) is 15.0. The van der Waals surface area contributed by atoms with Crippen LogP contribution in [-0.2, 0) is 0 Å². The smallest absolute Gasteiger partial charge is 0.107 e. The predicted molar refractivity (Wildman–Crippen MR) is 60.8 cm³/mol. The van der Waals surface area contributed by atoms with Gasteiger partial charge in [-0.3, -0.25) is 0 Å². The Bertz CT molecular complexity index is 305. The quantitative estimate of drug-likeness (QED) is 0.691. The van der Waals surface area contributed by atoms with Gasteiger partial charge in [-0.2, -0.15) is 0 Å². The molecule has 0 amide bonds. The van der Waals surface area contributed by atoms with Gasteiger partial charge in [0.15, 0.2) is 0 Å². The molecule has 3 N–H and O–H groups in total. The van der Waals surface area contributed by atoms with E-state index < -0.39 is 12.2 Å². The van der Waals surface area contributed by atoms with Crippen LogP contribution in [0.5, 0.6) is 0 Å². The van der Waals surface area contributed by atoms with Crippen LogP contribution in [0, 0.1) is 13.8 Å². The van der Waals surface area contributed by atoms with E-state index in [9.17, 15) is 10.2 Å². The molecule has 0 spiro atoms. The molecule has 2 atom stereocenters. The Morgan fingerprint density at radius 3 is 2.20 bits per heavy atom. The van der Waals surface area contributed by atoms with Gasteiger partial charge in [-0.15, -0.1) is 0 Å². The van der Waals surface area contributed by atoms with Gasteiger partial charge in [0, 0.05) is 6.54 Å². The molecule has 0 heterocycles. The zero-order valence-corrected chi connectivity index (χ0v) is 9.49. The van der Waals surface area contributed by atoms with Gasteiger partial charge in [-0.1, -0.05) is 18.2 Å². The molecule has 0 aliphatic carbocycles. The van der Waals surface area contributed by atoms with Crippen molar-refractivity contribution >= 4 is 0 Å². The molecule has 15 heavy (non-hydrogen) atoms. The molecule has 0 fully saturated rings. The number of hydrogen-bond acceptors (Lipinski definition) is 3. The van der Waals surface area contributed by atoms with Crippen LogP contribution in [0.4, 0.5) is 0 Å². The SMILES string of the molecule is CNCC(O)C(O)c1c(C)cccc1C. The second kappa shape index (κ2) is 5.26. The fraction of sp³-hybridized carbons (Fsp3) is 0.500. The van der Waals surface area contributed by atoms with Gasteiger partial charge in [-0.05, 0) is 37.6 Å². The molecule has 0 bridgehead atoms. The van der Waals surface area contributed by atoms with Crippen molar-refractivity contribution in [2.24, 2.45) is 0 Å². The van der Waals surface area contributed by atoms with E-state index in [0.29, 0.717) is 6.54 Å². The maximum atomic E-state index is 9.99. The Hall–Kier alpha value is -0.900. The lowest BCUT2D eigenvalue weighted by atomic mass is 9.95. The van der Waals surface area contributed by atoms with Gasteiger partial charge in [0.25, 0.3) is 0 Å². The van der Waals surface area contributed by atoms with Crippen LogP contribution in [0.1, 0.15) is 22.8 Å². The second-order valence-electron chi connectivity index (χ2n) is 3.88. The minimum Gasteiger partial charge on any atom is -0.389 e. The monoisotopic (exact) mass is 209 g/mol. The standard InChI is InChI=1S/C12H19NO2/c1-8-5-4-6-9(2)11(8)12(15)10(14)7-13-3/h4-6,10,12-15H,7H2,1-3H3. The molecule has 1 rings (SSSR count). The van der Waals surface area contributed by atoms with E-state index in [-0.39, 0.29) is 0 Å². The van der Waals surface area contributed by atoms with Gasteiger partial charge >= 0.3 is 0 Å². The summed E-state index contributed by atoms with van der Waals surface area (Å²) in [5.41, 5.74) is 2.86. The summed E-state index contributed by atoms with van der Waals surface area (Å²) in [4.78, 5) is 0. The number of likely N-dealkylation sites (N-methyl/N-ethyl adjacent to an activating group) is 1. The van der Waals surface area contributed by atoms with Crippen molar-refractivity contribution in [2.75, 3.05) is 13.6 Å². The maximum Gasteiger partial charge on any atom is 0.107 e. The highest BCUT2D eigenvalue weighted by Gasteiger charge is 2.20. The van der Waals surface area contributed by atoms with Gasteiger partial charge in [0.1, 0.15) is 6.10 Å². The Kier molecular flexibility index (Phi) is 4.27. The Labute approximate surface area is 90.8 Å². The number of rotatable bonds is 4. The predicted octanol–water partition coefficient (Wildman–Crippen LogP) is 0.917. The molecule has 0 saturated carbocycles. The van der Waals surface area contributed by atoms with Crippen LogP contribution in [-0.4, -0.2) is 29.9 Å². The van der Waals surface area contributed by atoms with Crippen LogP contribution < -0.4 is 5.32 Å². The minimum absolute atomic E-state index is 0.384. The Balaban J connectivity index is 2.94. The summed E-state index contributed by atoms with van der Waals surface area (Å²) < 4.78 is 0. The summed E-state index contributed by atoms with van der Waals surface area (Å²) in [6.07, 6.45) is -1.59. The van der Waals surface area contributed by atoms with Gasteiger partial charge < -0.3 is 15.5 Å². The van der Waals surface area contributed by atoms with E-state index in [1.54, 1.807) is 7.05 Å². The number of aryl methyl sites for hydroxylation is 2. The minimum atomic E-state index is -0.821. The number of aliphatic hydroxyl groups excluding tert-OH is 2. The summed E-state index contributed by atoms with van der Waals surface area (Å²) in [6.45, 7) is 4.27. The summed E-state index contributed by atoms with van der Waals surface area (Å²) >= 11 is 0. The summed E-state index contributed by atoms with van der Waals surface area (Å²) in [5, 5.41) is 22.5. The van der Waals surface area contributed by atoms with E-state index in [1.165, 1.54) is 0 Å². The first-order valence-corrected chi connectivity index (χ1v) is 5.14. The topological polar surface area (TPSA) is 52.5 Å². The summed E-state index contributed by atoms with van der Waals surface area (Å²) in [5.74, 6) is 0. The molecule has 1 aromatic rings. The fourth-order valence-corrected chi connectivity index (χ4v) is 1.81. The van der Waals surface area contributed by atoms with Gasteiger partial charge in [0.2, 0.25) is 0 Å². The maximum absolute atomic E-state index is 9.99. The molecule has 0 radical (unpaired) electrons. The zero-order chi connectivity index (χ0) is 11.4. The largest absolute Gasteiger partial charge is 0.389 e. The molecule has 0 aliphatic heterocycles. The number of nitrogens with one attached hydrogen (secondary N) is 1. The fourth-order valence-electron chi connectivity index (χ4n) is 1.81. The van der Waals surface area contributed by atoms with Crippen molar-refractivity contribution in [1.29, 1.82) is 0 Å². The molecule has 3 heteroatoms. The van der Waals surface area contributed by atoms with Crippen LogP contribution in [0.3, 0.4) is 0 Å². The highest BCUT2D eigenvalue weighted by molar-refractivity contribution is 5.35. The molecule has 0 aliphatic rings. The first kappa shape index (κ1) is 12.2. The van der Waals surface area contributed by atoms with E-state index in [1.807, 2.05) is 32.0 Å².